The monoisotopic (exact) mass is 540 g/mol. The number of amides is 2. The molecule has 2 aromatic heterocycles. The summed E-state index contributed by atoms with van der Waals surface area (Å²) in [5.41, 5.74) is 1.82. The molecule has 3 heterocycles. The maximum absolute atomic E-state index is 13.4. The van der Waals surface area contributed by atoms with Crippen LogP contribution >= 0.6 is 0 Å². The fraction of sp³-hybridized carbons (Fsp3) is 0.333. The predicted molar refractivity (Wildman–Crippen MR) is 136 cm³/mol. The Hall–Kier alpha value is -4.48. The van der Waals surface area contributed by atoms with Crippen LogP contribution in [0.3, 0.4) is 0 Å². The molecular weight excluding hydrogens is 514 g/mol. The van der Waals surface area contributed by atoms with E-state index in [-0.39, 0.29) is 42.5 Å². The Balaban J connectivity index is 1.33. The molecule has 204 valence electrons. The number of hydrogen-bond acceptors (Lipinski definition) is 7. The van der Waals surface area contributed by atoms with Gasteiger partial charge in [-0.3, -0.25) is 9.59 Å². The van der Waals surface area contributed by atoms with E-state index in [1.807, 2.05) is 6.92 Å². The van der Waals surface area contributed by atoms with E-state index in [0.29, 0.717) is 41.0 Å². The highest BCUT2D eigenvalue weighted by Gasteiger charge is 2.53. The number of aryl methyl sites for hydroxylation is 1. The summed E-state index contributed by atoms with van der Waals surface area (Å²) in [5, 5.41) is 5.43. The highest BCUT2D eigenvalue weighted by atomic mass is 19.3. The summed E-state index contributed by atoms with van der Waals surface area (Å²) in [5.74, 6) is -0.209. The van der Waals surface area contributed by atoms with E-state index in [0.717, 1.165) is 5.56 Å². The van der Waals surface area contributed by atoms with E-state index in [9.17, 15) is 23.2 Å². The van der Waals surface area contributed by atoms with Crippen molar-refractivity contribution in [3.05, 3.63) is 69.6 Å². The smallest absolute Gasteiger partial charge is 0.450 e. The number of rotatable bonds is 8. The van der Waals surface area contributed by atoms with Crippen LogP contribution in [0.2, 0.25) is 0 Å². The normalized spacial score (nSPS) is 15.9. The highest BCUT2D eigenvalue weighted by Crippen LogP contribution is 2.52. The fourth-order valence-corrected chi connectivity index (χ4v) is 4.48. The van der Waals surface area contributed by atoms with Gasteiger partial charge in [-0.05, 0) is 68.5 Å². The van der Waals surface area contributed by atoms with Crippen molar-refractivity contribution < 1.29 is 32.6 Å². The Morgan fingerprint density at radius 3 is 2.64 bits per heavy atom. The summed E-state index contributed by atoms with van der Waals surface area (Å²) in [7, 11) is 0. The largest absolute Gasteiger partial charge is 0.586 e. The number of anilines is 1. The number of nitrogens with one attached hydrogen (secondary N) is 3. The van der Waals surface area contributed by atoms with Gasteiger partial charge < -0.3 is 29.8 Å². The number of nitrogens with zero attached hydrogens (tertiary/aromatic N) is 1. The second-order valence-electron chi connectivity index (χ2n) is 9.37. The quantitative estimate of drug-likeness (QED) is 0.393. The average molecular weight is 541 g/mol. The van der Waals surface area contributed by atoms with Crippen LogP contribution in [0.25, 0.3) is 11.3 Å². The number of fused-ring (bicyclic) bond motifs is 1. The van der Waals surface area contributed by atoms with Crippen LogP contribution in [0, 0.1) is 6.92 Å². The van der Waals surface area contributed by atoms with Crippen LogP contribution in [-0.2, 0) is 21.4 Å². The molecule has 2 amide bonds. The molecule has 1 aliphatic heterocycles. The van der Waals surface area contributed by atoms with Crippen LogP contribution in [-0.4, -0.2) is 41.4 Å². The van der Waals surface area contributed by atoms with Crippen LogP contribution in [0.1, 0.15) is 36.5 Å². The van der Waals surface area contributed by atoms with Crippen molar-refractivity contribution in [2.24, 2.45) is 0 Å². The minimum absolute atomic E-state index is 0.0817. The molecule has 3 aromatic rings. The van der Waals surface area contributed by atoms with Crippen molar-refractivity contribution in [1.29, 1.82) is 0 Å². The van der Waals surface area contributed by atoms with E-state index in [1.165, 1.54) is 18.3 Å². The summed E-state index contributed by atoms with van der Waals surface area (Å²) in [6, 6.07) is 9.53. The Morgan fingerprint density at radius 2 is 1.90 bits per heavy atom. The van der Waals surface area contributed by atoms with Crippen molar-refractivity contribution in [2.45, 2.75) is 44.8 Å². The van der Waals surface area contributed by atoms with E-state index in [4.69, 9.17) is 4.74 Å². The van der Waals surface area contributed by atoms with Crippen LogP contribution in [0.5, 0.6) is 11.5 Å². The van der Waals surface area contributed by atoms with E-state index in [1.54, 1.807) is 31.2 Å². The fourth-order valence-electron chi connectivity index (χ4n) is 4.48. The van der Waals surface area contributed by atoms with Crippen LogP contribution < -0.4 is 25.7 Å². The lowest BCUT2D eigenvalue weighted by Gasteiger charge is -2.17. The molecule has 39 heavy (non-hydrogen) atoms. The lowest BCUT2D eigenvalue weighted by molar-refractivity contribution is -0.286. The number of aromatic nitrogens is 2. The third-order valence-electron chi connectivity index (χ3n) is 6.67. The number of halogens is 2. The van der Waals surface area contributed by atoms with Crippen molar-refractivity contribution in [3.63, 3.8) is 0 Å². The summed E-state index contributed by atoms with van der Waals surface area (Å²) < 4.78 is 40.7. The number of benzene rings is 1. The number of carbonyl (C=O) groups excluding carboxylic acids is 2. The first-order valence-electron chi connectivity index (χ1n) is 12.4. The molecule has 0 unspecified atom stereocenters. The lowest BCUT2D eigenvalue weighted by atomic mass is 9.94. The van der Waals surface area contributed by atoms with Crippen molar-refractivity contribution in [3.8, 4) is 22.8 Å². The van der Waals surface area contributed by atoms with Gasteiger partial charge in [0.05, 0.1) is 17.7 Å². The van der Waals surface area contributed by atoms with Gasteiger partial charge in [0.2, 0.25) is 5.91 Å². The Bertz CT molecular complexity index is 1500. The molecule has 0 saturated heterocycles. The van der Waals surface area contributed by atoms with Gasteiger partial charge in [-0.15, -0.1) is 8.78 Å². The average Bonchev–Trinajstić information content (AvgIpc) is 3.63. The molecule has 2 aliphatic rings. The minimum atomic E-state index is -3.73. The zero-order valence-corrected chi connectivity index (χ0v) is 21.2. The number of ether oxygens (including phenoxy) is 3. The molecule has 1 aromatic carbocycles. The maximum atomic E-state index is 13.4. The first kappa shape index (κ1) is 26.1. The van der Waals surface area contributed by atoms with Crippen molar-refractivity contribution in [1.82, 2.24) is 15.3 Å². The van der Waals surface area contributed by atoms with Gasteiger partial charge in [0.15, 0.2) is 11.5 Å². The molecule has 3 N–H and O–H groups in total. The van der Waals surface area contributed by atoms with Crippen molar-refractivity contribution >= 4 is 17.8 Å². The van der Waals surface area contributed by atoms with Gasteiger partial charge in [0, 0.05) is 23.9 Å². The standard InChI is InChI=1S/C27H26F2N4O6/c1-3-37-25(36)30-11-8-16-12-17(14-31-23(16)34)22-15(2)4-7-21(32-22)33-24(35)26(9-10-26)18-5-6-19-20(13-18)39-27(28,29)38-19/h4-7,12-14H,3,8-11H2,1-2H3,(H,30,36)(H,31,34)(H,32,33,35). The molecule has 0 atom stereocenters. The third-order valence-corrected chi connectivity index (χ3v) is 6.67. The summed E-state index contributed by atoms with van der Waals surface area (Å²) in [6.07, 6.45) is -1.40. The molecule has 0 radical (unpaired) electrons. The lowest BCUT2D eigenvalue weighted by Crippen LogP contribution is -2.28. The number of carbonyl (C=O) groups is 2. The van der Waals surface area contributed by atoms with E-state index in [2.05, 4.69) is 30.1 Å². The van der Waals surface area contributed by atoms with Gasteiger partial charge in [0.25, 0.3) is 5.56 Å². The van der Waals surface area contributed by atoms with E-state index < -0.39 is 17.8 Å². The van der Waals surface area contributed by atoms with Gasteiger partial charge >= 0.3 is 12.4 Å². The summed E-state index contributed by atoms with van der Waals surface area (Å²) >= 11 is 0. The van der Waals surface area contributed by atoms with E-state index >= 15 is 0 Å². The first-order chi connectivity index (χ1) is 18.6. The molecule has 10 nitrogen and oxygen atoms in total. The first-order valence-corrected chi connectivity index (χ1v) is 12.4. The van der Waals surface area contributed by atoms with Crippen LogP contribution in [0.4, 0.5) is 19.4 Å². The van der Waals surface area contributed by atoms with Gasteiger partial charge in [0.1, 0.15) is 5.82 Å². The minimum Gasteiger partial charge on any atom is -0.450 e. The number of alkyl carbamates (subject to hydrolysis) is 1. The zero-order valence-electron chi connectivity index (χ0n) is 21.2. The van der Waals surface area contributed by atoms with Crippen LogP contribution in [0.15, 0.2) is 47.4 Å². The van der Waals surface area contributed by atoms with Crippen molar-refractivity contribution in [2.75, 3.05) is 18.5 Å². The van der Waals surface area contributed by atoms with Gasteiger partial charge in [-0.1, -0.05) is 12.1 Å². The second kappa shape index (κ2) is 10.0. The summed E-state index contributed by atoms with van der Waals surface area (Å²) in [6.45, 7) is 4.01. The second-order valence-corrected chi connectivity index (χ2v) is 9.37. The third kappa shape index (κ3) is 5.40. The zero-order chi connectivity index (χ0) is 27.8. The Kier molecular flexibility index (Phi) is 6.71. The molecular formula is C27H26F2N4O6. The molecule has 12 heteroatoms. The number of hydrogen-bond donors (Lipinski definition) is 3. The SMILES string of the molecule is CCOC(=O)NCCc1cc(-c2nc(NC(=O)C3(c4ccc5c(c4)OC(F)(F)O5)CC3)ccc2C)c[nH]c1=O. The topological polar surface area (TPSA) is 132 Å². The molecule has 5 rings (SSSR count). The number of pyridine rings is 2. The Labute approximate surface area is 221 Å². The molecule has 1 aliphatic carbocycles. The molecule has 0 spiro atoms. The Morgan fingerprint density at radius 1 is 1.13 bits per heavy atom. The highest BCUT2D eigenvalue weighted by molar-refractivity contribution is 6.01. The van der Waals surface area contributed by atoms with Gasteiger partial charge in [-0.25, -0.2) is 9.78 Å². The number of aromatic amines is 1. The number of H-pyrrole nitrogens is 1. The maximum Gasteiger partial charge on any atom is 0.586 e. The summed E-state index contributed by atoms with van der Waals surface area (Å²) in [4.78, 5) is 44.5. The molecule has 0 bridgehead atoms. The van der Waals surface area contributed by atoms with Gasteiger partial charge in [-0.2, -0.15) is 0 Å². The number of alkyl halides is 2. The predicted octanol–water partition coefficient (Wildman–Crippen LogP) is 4.03. The molecule has 1 fully saturated rings. The molecule has 1 saturated carbocycles.